The largest absolute Gasteiger partial charge is 0.450 e. The number of carbonyl (C=O) groups is 1. The van der Waals surface area contributed by atoms with E-state index in [-0.39, 0.29) is 0 Å². The van der Waals surface area contributed by atoms with Gasteiger partial charge in [0.25, 0.3) is 0 Å². The summed E-state index contributed by atoms with van der Waals surface area (Å²) in [6.07, 6.45) is 4.91. The zero-order chi connectivity index (χ0) is 8.81. The van der Waals surface area contributed by atoms with Gasteiger partial charge < -0.3 is 4.74 Å². The van der Waals surface area contributed by atoms with Crippen molar-refractivity contribution >= 4 is 11.9 Å². The lowest BCUT2D eigenvalue weighted by Gasteiger charge is -2.08. The third kappa shape index (κ3) is 2.74. The third-order valence-electron chi connectivity index (χ3n) is 1.41. The normalized spacial score (nSPS) is 15.2. The molecule has 0 aromatic heterocycles. The summed E-state index contributed by atoms with van der Waals surface area (Å²) in [7, 11) is 0. The number of nitrogens with zero attached hydrogens (tertiary/aromatic N) is 1. The van der Waals surface area contributed by atoms with Gasteiger partial charge in [-0.1, -0.05) is 6.08 Å². The van der Waals surface area contributed by atoms with E-state index in [9.17, 15) is 4.79 Å². The summed E-state index contributed by atoms with van der Waals surface area (Å²) in [6, 6.07) is 0. The molecule has 1 aliphatic heterocycles. The molecule has 1 heterocycles. The minimum Gasteiger partial charge on any atom is -0.450 e. The molecule has 0 aliphatic carbocycles. The molecule has 0 radical (unpaired) electrons. The third-order valence-corrected chi connectivity index (χ3v) is 1.41. The minimum absolute atomic E-state index is 0.384. The average molecular weight is 168 g/mol. The van der Waals surface area contributed by atoms with Gasteiger partial charge in [0.15, 0.2) is 0 Å². The van der Waals surface area contributed by atoms with E-state index in [4.69, 9.17) is 0 Å². The van der Waals surface area contributed by atoms with Gasteiger partial charge in [0.05, 0.1) is 6.61 Å². The van der Waals surface area contributed by atoms with Crippen molar-refractivity contribution in [3.63, 3.8) is 0 Å². The van der Waals surface area contributed by atoms with Crippen LogP contribution in [0.4, 0.5) is 4.79 Å². The second kappa shape index (κ2) is 4.54. The van der Waals surface area contributed by atoms with Crippen LogP contribution in [0.2, 0.25) is 0 Å². The highest BCUT2D eigenvalue weighted by Crippen LogP contribution is 2.00. The lowest BCUT2D eigenvalue weighted by Crippen LogP contribution is -2.31. The minimum atomic E-state index is -0.424. The Balaban J connectivity index is 2.34. The standard InChI is InChI=1S/C8H12N2O2/c1-2-12-8(11)10-7-5-3-4-6-9-7/h4,6H,2-3,5H2,1H3,(H,9,10,11). The van der Waals surface area contributed by atoms with Crippen molar-refractivity contribution in [1.82, 2.24) is 5.32 Å². The van der Waals surface area contributed by atoms with Crippen LogP contribution in [0.3, 0.4) is 0 Å². The van der Waals surface area contributed by atoms with E-state index in [2.05, 4.69) is 15.0 Å². The van der Waals surface area contributed by atoms with Gasteiger partial charge in [0.1, 0.15) is 5.84 Å². The lowest BCUT2D eigenvalue weighted by molar-refractivity contribution is 0.157. The zero-order valence-corrected chi connectivity index (χ0v) is 7.04. The summed E-state index contributed by atoms with van der Waals surface area (Å²) in [4.78, 5) is 14.8. The summed E-state index contributed by atoms with van der Waals surface area (Å²) >= 11 is 0. The molecule has 0 spiro atoms. The zero-order valence-electron chi connectivity index (χ0n) is 7.04. The van der Waals surface area contributed by atoms with Crippen LogP contribution in [0.15, 0.2) is 17.3 Å². The molecule has 0 atom stereocenters. The molecule has 0 fully saturated rings. The van der Waals surface area contributed by atoms with E-state index in [1.54, 1.807) is 13.1 Å². The smallest absolute Gasteiger partial charge is 0.412 e. The Hall–Kier alpha value is -1.32. The second-order valence-corrected chi connectivity index (χ2v) is 2.34. The molecule has 0 bridgehead atoms. The molecule has 12 heavy (non-hydrogen) atoms. The quantitative estimate of drug-likeness (QED) is 0.644. The first-order valence-corrected chi connectivity index (χ1v) is 3.98. The van der Waals surface area contributed by atoms with Crippen LogP contribution in [0.25, 0.3) is 0 Å². The molecule has 0 saturated carbocycles. The maximum absolute atomic E-state index is 10.9. The van der Waals surface area contributed by atoms with Crippen LogP contribution in [0.1, 0.15) is 19.8 Å². The first kappa shape index (κ1) is 8.77. The van der Waals surface area contributed by atoms with E-state index < -0.39 is 6.09 Å². The van der Waals surface area contributed by atoms with Gasteiger partial charge in [-0.2, -0.15) is 0 Å². The molecule has 0 aromatic carbocycles. The summed E-state index contributed by atoms with van der Waals surface area (Å²) in [5.41, 5.74) is 0. The van der Waals surface area contributed by atoms with Gasteiger partial charge >= 0.3 is 6.09 Å². The fourth-order valence-electron chi connectivity index (χ4n) is 0.882. The molecule has 1 aliphatic rings. The summed E-state index contributed by atoms with van der Waals surface area (Å²) in [5.74, 6) is 0.677. The van der Waals surface area contributed by atoms with Crippen LogP contribution >= 0.6 is 0 Å². The number of aliphatic imine (C=N–C) groups is 1. The van der Waals surface area contributed by atoms with Crippen LogP contribution in [0.5, 0.6) is 0 Å². The number of hydrogen-bond acceptors (Lipinski definition) is 3. The average Bonchev–Trinajstić information content (AvgIpc) is 2.06. The highest BCUT2D eigenvalue weighted by molar-refractivity contribution is 5.95. The predicted octanol–water partition coefficient (Wildman–Crippen LogP) is 1.44. The maximum Gasteiger partial charge on any atom is 0.412 e. The number of amidine groups is 1. The maximum atomic E-state index is 10.9. The Morgan fingerprint density at radius 2 is 2.67 bits per heavy atom. The predicted molar refractivity (Wildman–Crippen MR) is 46.0 cm³/mol. The van der Waals surface area contributed by atoms with Gasteiger partial charge in [0, 0.05) is 12.6 Å². The lowest BCUT2D eigenvalue weighted by atomic mass is 10.2. The second-order valence-electron chi connectivity index (χ2n) is 2.34. The SMILES string of the molecule is CCOC(=O)NC1=NC=CCC1. The van der Waals surface area contributed by atoms with Crippen LogP contribution in [0, 0.1) is 0 Å². The number of allylic oxidation sites excluding steroid dienone is 1. The molecule has 4 nitrogen and oxygen atoms in total. The first-order chi connectivity index (χ1) is 5.83. The van der Waals surface area contributed by atoms with E-state index >= 15 is 0 Å². The van der Waals surface area contributed by atoms with Crippen molar-refractivity contribution in [1.29, 1.82) is 0 Å². The Labute approximate surface area is 71.3 Å². The fourth-order valence-corrected chi connectivity index (χ4v) is 0.882. The molecule has 1 N–H and O–H groups in total. The monoisotopic (exact) mass is 168 g/mol. The van der Waals surface area contributed by atoms with Crippen molar-refractivity contribution < 1.29 is 9.53 Å². The molecule has 0 saturated heterocycles. The summed E-state index contributed by atoms with van der Waals surface area (Å²) in [6.45, 7) is 2.15. The number of alkyl carbamates (subject to hydrolysis) is 1. The van der Waals surface area contributed by atoms with Crippen LogP contribution in [-0.2, 0) is 4.74 Å². The number of ether oxygens (including phenoxy) is 1. The highest BCUT2D eigenvalue weighted by Gasteiger charge is 2.06. The van der Waals surface area contributed by atoms with Gasteiger partial charge in [0.2, 0.25) is 0 Å². The Morgan fingerprint density at radius 1 is 1.83 bits per heavy atom. The topological polar surface area (TPSA) is 50.7 Å². The number of carbonyl (C=O) groups excluding carboxylic acids is 1. The van der Waals surface area contributed by atoms with Crippen molar-refractivity contribution in [2.24, 2.45) is 4.99 Å². The molecule has 4 heteroatoms. The number of nitrogens with one attached hydrogen (secondary N) is 1. The molecule has 66 valence electrons. The first-order valence-electron chi connectivity index (χ1n) is 3.98. The van der Waals surface area contributed by atoms with Crippen molar-refractivity contribution in [2.75, 3.05) is 6.61 Å². The van der Waals surface area contributed by atoms with Crippen molar-refractivity contribution in [2.45, 2.75) is 19.8 Å². The van der Waals surface area contributed by atoms with E-state index in [0.717, 1.165) is 12.8 Å². The molecular weight excluding hydrogens is 156 g/mol. The number of rotatable bonds is 1. The summed E-state index contributed by atoms with van der Waals surface area (Å²) in [5, 5.41) is 2.56. The Morgan fingerprint density at radius 3 is 3.25 bits per heavy atom. The van der Waals surface area contributed by atoms with E-state index in [1.807, 2.05) is 6.08 Å². The van der Waals surface area contributed by atoms with Crippen molar-refractivity contribution in [3.8, 4) is 0 Å². The van der Waals surface area contributed by atoms with Crippen LogP contribution in [-0.4, -0.2) is 18.5 Å². The highest BCUT2D eigenvalue weighted by atomic mass is 16.5. The summed E-state index contributed by atoms with van der Waals surface area (Å²) < 4.78 is 4.69. The number of amides is 1. The Bertz CT molecular complexity index is 221. The van der Waals surface area contributed by atoms with Gasteiger partial charge in [-0.05, 0) is 13.3 Å². The molecule has 1 amide bonds. The van der Waals surface area contributed by atoms with Gasteiger partial charge in [-0.3, -0.25) is 5.32 Å². The van der Waals surface area contributed by atoms with E-state index in [1.165, 1.54) is 0 Å². The van der Waals surface area contributed by atoms with Crippen molar-refractivity contribution in [3.05, 3.63) is 12.3 Å². The molecule has 0 aromatic rings. The molecular formula is C8H12N2O2. The fraction of sp³-hybridized carbons (Fsp3) is 0.500. The van der Waals surface area contributed by atoms with Crippen LogP contribution < -0.4 is 5.32 Å². The number of hydrogen-bond donors (Lipinski definition) is 1. The molecule has 0 unspecified atom stereocenters. The van der Waals surface area contributed by atoms with Gasteiger partial charge in [-0.15, -0.1) is 0 Å². The Kier molecular flexibility index (Phi) is 3.32. The van der Waals surface area contributed by atoms with Gasteiger partial charge in [-0.25, -0.2) is 9.79 Å². The molecule has 1 rings (SSSR count). The van der Waals surface area contributed by atoms with E-state index in [0.29, 0.717) is 12.4 Å².